The van der Waals surface area contributed by atoms with Gasteiger partial charge in [0.15, 0.2) is 5.82 Å². The molecule has 0 atom stereocenters. The Morgan fingerprint density at radius 3 is 2.45 bits per heavy atom. The first-order chi connectivity index (χ1) is 17.9. The summed E-state index contributed by atoms with van der Waals surface area (Å²) in [5.74, 6) is -1.11. The first kappa shape index (κ1) is 27.2. The van der Waals surface area contributed by atoms with Crippen molar-refractivity contribution in [1.82, 2.24) is 25.0 Å². The van der Waals surface area contributed by atoms with Crippen LogP contribution in [-0.4, -0.2) is 56.2 Å². The molecule has 13 heteroatoms. The van der Waals surface area contributed by atoms with Gasteiger partial charge in [-0.15, -0.1) is 5.10 Å². The fraction of sp³-hybridized carbons (Fsp3) is 0.320. The lowest BCUT2D eigenvalue weighted by atomic mass is 10.0. The minimum Gasteiger partial charge on any atom is -0.347 e. The minimum atomic E-state index is -0.668. The highest BCUT2D eigenvalue weighted by Crippen LogP contribution is 2.28. The standard InChI is InChI=1S/C25H26Cl2N6O5/c1-14-11-15(26)12-16(22(34)30-25(2,3)4)20(14)29-23(35)18-13-19(37-38-24(36)32-9-6-10-32)31-33(18)21-17(27)7-5-8-28-21/h5,7-8,11-13H,6,9-10H2,1-4H3,(H,29,35)(H,30,34). The van der Waals surface area contributed by atoms with Gasteiger partial charge in [-0.2, -0.15) is 0 Å². The molecular formula is C25H26Cl2N6O5. The molecule has 0 unspecified atom stereocenters. The average Bonchev–Trinajstić information content (AvgIpc) is 3.21. The number of aromatic nitrogens is 3. The van der Waals surface area contributed by atoms with Crippen molar-refractivity contribution < 1.29 is 24.2 Å². The second kappa shape index (κ2) is 10.9. The monoisotopic (exact) mass is 560 g/mol. The number of carbonyl (C=O) groups is 3. The minimum absolute atomic E-state index is 0.0443. The fourth-order valence-corrected chi connectivity index (χ4v) is 4.03. The van der Waals surface area contributed by atoms with Gasteiger partial charge in [-0.3, -0.25) is 14.5 Å². The van der Waals surface area contributed by atoms with Crippen LogP contribution in [0, 0.1) is 6.92 Å². The molecule has 2 N–H and O–H groups in total. The lowest BCUT2D eigenvalue weighted by molar-refractivity contribution is -0.161. The second-order valence-corrected chi connectivity index (χ2v) is 10.5. The zero-order valence-electron chi connectivity index (χ0n) is 21.2. The number of hydrogen-bond donors (Lipinski definition) is 2. The normalized spacial score (nSPS) is 12.9. The number of nitrogens with one attached hydrogen (secondary N) is 2. The molecule has 3 aromatic rings. The van der Waals surface area contributed by atoms with E-state index in [1.807, 2.05) is 20.8 Å². The van der Waals surface area contributed by atoms with E-state index >= 15 is 0 Å². The Morgan fingerprint density at radius 2 is 1.82 bits per heavy atom. The number of likely N-dealkylation sites (tertiary alicyclic amines) is 1. The van der Waals surface area contributed by atoms with E-state index < -0.39 is 23.4 Å². The molecule has 200 valence electrons. The molecule has 4 rings (SSSR count). The van der Waals surface area contributed by atoms with E-state index in [4.69, 9.17) is 33.0 Å². The summed E-state index contributed by atoms with van der Waals surface area (Å²) in [7, 11) is 0. The van der Waals surface area contributed by atoms with Gasteiger partial charge in [0, 0.05) is 35.9 Å². The van der Waals surface area contributed by atoms with Crippen molar-refractivity contribution >= 4 is 46.8 Å². The van der Waals surface area contributed by atoms with Gasteiger partial charge in [0.05, 0.1) is 16.3 Å². The first-order valence-electron chi connectivity index (χ1n) is 11.7. The Hall–Kier alpha value is -3.83. The predicted octanol–water partition coefficient (Wildman–Crippen LogP) is 4.80. The lowest BCUT2D eigenvalue weighted by Crippen LogP contribution is -2.42. The van der Waals surface area contributed by atoms with Crippen LogP contribution in [0.5, 0.6) is 5.88 Å². The summed E-state index contributed by atoms with van der Waals surface area (Å²) in [5, 5.41) is 10.4. The summed E-state index contributed by atoms with van der Waals surface area (Å²) in [6.07, 6.45) is 1.69. The van der Waals surface area contributed by atoms with Crippen LogP contribution in [0.2, 0.25) is 10.0 Å². The van der Waals surface area contributed by atoms with E-state index in [2.05, 4.69) is 20.7 Å². The smallest absolute Gasteiger partial charge is 0.347 e. The van der Waals surface area contributed by atoms with Crippen molar-refractivity contribution in [3.8, 4) is 11.7 Å². The van der Waals surface area contributed by atoms with Gasteiger partial charge in [0.2, 0.25) is 0 Å². The summed E-state index contributed by atoms with van der Waals surface area (Å²) in [6, 6.07) is 7.57. The average molecular weight is 561 g/mol. The van der Waals surface area contributed by atoms with E-state index in [1.165, 1.54) is 23.2 Å². The molecular weight excluding hydrogens is 535 g/mol. The van der Waals surface area contributed by atoms with Crippen LogP contribution in [-0.2, 0) is 4.89 Å². The Morgan fingerprint density at radius 1 is 1.08 bits per heavy atom. The Kier molecular flexibility index (Phi) is 7.79. The highest BCUT2D eigenvalue weighted by atomic mass is 35.5. The molecule has 0 aliphatic carbocycles. The zero-order valence-corrected chi connectivity index (χ0v) is 22.7. The van der Waals surface area contributed by atoms with Crippen molar-refractivity contribution in [3.05, 3.63) is 63.4 Å². The molecule has 3 heterocycles. The molecule has 38 heavy (non-hydrogen) atoms. The zero-order chi connectivity index (χ0) is 27.6. The third-order valence-corrected chi connectivity index (χ3v) is 5.96. The summed E-state index contributed by atoms with van der Waals surface area (Å²) in [5.41, 5.74) is 0.430. The quantitative estimate of drug-likeness (QED) is 0.327. The van der Waals surface area contributed by atoms with Crippen molar-refractivity contribution in [2.24, 2.45) is 0 Å². The van der Waals surface area contributed by atoms with Gasteiger partial charge in [0.25, 0.3) is 17.7 Å². The molecule has 0 saturated carbocycles. The number of benzene rings is 1. The van der Waals surface area contributed by atoms with Crippen LogP contribution >= 0.6 is 23.2 Å². The van der Waals surface area contributed by atoms with Crippen molar-refractivity contribution in [3.63, 3.8) is 0 Å². The van der Waals surface area contributed by atoms with Gasteiger partial charge in [-0.1, -0.05) is 23.2 Å². The molecule has 0 spiro atoms. The maximum Gasteiger partial charge on any atom is 0.452 e. The SMILES string of the molecule is Cc1cc(Cl)cc(C(=O)NC(C)(C)C)c1NC(=O)c1cc(OOC(=O)N2CCC2)nn1-c1ncccc1Cl. The van der Waals surface area contributed by atoms with E-state index in [9.17, 15) is 14.4 Å². The molecule has 1 saturated heterocycles. The van der Waals surface area contributed by atoms with E-state index in [0.29, 0.717) is 23.7 Å². The van der Waals surface area contributed by atoms with Gasteiger partial charge in [-0.25, -0.2) is 19.3 Å². The van der Waals surface area contributed by atoms with Crippen molar-refractivity contribution in [2.45, 2.75) is 39.7 Å². The highest BCUT2D eigenvalue weighted by molar-refractivity contribution is 6.32. The fourth-order valence-electron chi connectivity index (χ4n) is 3.56. The molecule has 2 aromatic heterocycles. The number of carbonyl (C=O) groups excluding carboxylic acids is 3. The van der Waals surface area contributed by atoms with E-state index in [-0.39, 0.29) is 33.7 Å². The highest BCUT2D eigenvalue weighted by Gasteiger charge is 2.27. The number of hydrogen-bond acceptors (Lipinski definition) is 7. The third kappa shape index (κ3) is 6.17. The molecule has 3 amide bonds. The number of pyridine rings is 1. The topological polar surface area (TPSA) is 128 Å². The summed E-state index contributed by atoms with van der Waals surface area (Å²) in [4.78, 5) is 54.2. The van der Waals surface area contributed by atoms with Crippen LogP contribution < -0.4 is 15.5 Å². The summed E-state index contributed by atoms with van der Waals surface area (Å²) >= 11 is 12.5. The Bertz CT molecular complexity index is 1400. The molecule has 1 aromatic carbocycles. The number of halogens is 2. The number of rotatable bonds is 6. The summed E-state index contributed by atoms with van der Waals surface area (Å²) < 4.78 is 1.16. The number of amides is 3. The van der Waals surface area contributed by atoms with Crippen LogP contribution in [0.15, 0.2) is 36.5 Å². The third-order valence-electron chi connectivity index (χ3n) is 5.44. The Balaban J connectivity index is 1.68. The molecule has 1 aliphatic heterocycles. The van der Waals surface area contributed by atoms with Crippen LogP contribution in [0.4, 0.5) is 10.5 Å². The number of anilines is 1. The van der Waals surface area contributed by atoms with Gasteiger partial charge in [0.1, 0.15) is 5.69 Å². The number of aryl methyl sites for hydroxylation is 1. The predicted molar refractivity (Wildman–Crippen MR) is 141 cm³/mol. The van der Waals surface area contributed by atoms with E-state index in [0.717, 1.165) is 11.1 Å². The molecule has 0 bridgehead atoms. The van der Waals surface area contributed by atoms with Gasteiger partial charge >= 0.3 is 6.09 Å². The van der Waals surface area contributed by atoms with Crippen molar-refractivity contribution in [1.29, 1.82) is 0 Å². The Labute approximate surface area is 228 Å². The van der Waals surface area contributed by atoms with Gasteiger partial charge < -0.3 is 15.5 Å². The second-order valence-electron chi connectivity index (χ2n) is 9.67. The maximum absolute atomic E-state index is 13.6. The van der Waals surface area contributed by atoms with Crippen molar-refractivity contribution in [2.75, 3.05) is 18.4 Å². The molecule has 11 nitrogen and oxygen atoms in total. The van der Waals surface area contributed by atoms with Crippen LogP contribution in [0.25, 0.3) is 5.82 Å². The van der Waals surface area contributed by atoms with E-state index in [1.54, 1.807) is 25.1 Å². The lowest BCUT2D eigenvalue weighted by Gasteiger charge is -2.28. The first-order valence-corrected chi connectivity index (χ1v) is 12.5. The summed E-state index contributed by atoms with van der Waals surface area (Å²) in [6.45, 7) is 8.37. The van der Waals surface area contributed by atoms with Crippen LogP contribution in [0.3, 0.4) is 0 Å². The maximum atomic E-state index is 13.6. The van der Waals surface area contributed by atoms with Gasteiger partial charge in [-0.05, 0) is 63.9 Å². The number of nitrogens with zero attached hydrogens (tertiary/aromatic N) is 4. The van der Waals surface area contributed by atoms with Crippen LogP contribution in [0.1, 0.15) is 53.6 Å². The molecule has 1 fully saturated rings. The molecule has 1 aliphatic rings. The molecule has 0 radical (unpaired) electrons. The largest absolute Gasteiger partial charge is 0.452 e.